The number of hydrogen-bond donors (Lipinski definition) is 3. The monoisotopic (exact) mass is 551 g/mol. The summed E-state index contributed by atoms with van der Waals surface area (Å²) in [6.07, 6.45) is 5.41. The van der Waals surface area contributed by atoms with E-state index in [1.54, 1.807) is 0 Å². The molecular formula is C25H32Cl2FN7O2. The van der Waals surface area contributed by atoms with Crippen LogP contribution in [0.1, 0.15) is 56.7 Å². The van der Waals surface area contributed by atoms with Crippen LogP contribution in [-0.4, -0.2) is 47.4 Å². The molecule has 2 aliphatic rings. The molecule has 1 aliphatic carbocycles. The van der Waals surface area contributed by atoms with Gasteiger partial charge in [-0.25, -0.2) is 19.4 Å². The van der Waals surface area contributed by atoms with Crippen LogP contribution in [0.2, 0.25) is 10.0 Å². The van der Waals surface area contributed by atoms with Gasteiger partial charge < -0.3 is 21.1 Å². The number of carbonyl (C=O) groups excluding carboxylic acids is 1. The summed E-state index contributed by atoms with van der Waals surface area (Å²) in [6, 6.07) is 2.45. The van der Waals surface area contributed by atoms with Crippen LogP contribution >= 0.6 is 23.2 Å². The van der Waals surface area contributed by atoms with Gasteiger partial charge in [0.15, 0.2) is 0 Å². The van der Waals surface area contributed by atoms with Crippen LogP contribution in [0.3, 0.4) is 0 Å². The molecule has 0 spiro atoms. The number of carbonyl (C=O) groups is 1. The van der Waals surface area contributed by atoms with E-state index in [9.17, 15) is 9.18 Å². The van der Waals surface area contributed by atoms with Gasteiger partial charge in [0.05, 0.1) is 27.5 Å². The van der Waals surface area contributed by atoms with Gasteiger partial charge in [0, 0.05) is 25.2 Å². The highest BCUT2D eigenvalue weighted by atomic mass is 35.5. The zero-order valence-electron chi connectivity index (χ0n) is 20.8. The summed E-state index contributed by atoms with van der Waals surface area (Å²) >= 11 is 12.6. The molecule has 2 aromatic rings. The average Bonchev–Trinajstić information content (AvgIpc) is 3.00. The predicted molar refractivity (Wildman–Crippen MR) is 146 cm³/mol. The minimum Gasteiger partial charge on any atom is -0.381 e. The molecule has 2 heterocycles. The number of nitrogens with two attached hydrogens (primary N) is 1. The second-order valence-electron chi connectivity index (χ2n) is 9.45. The highest BCUT2D eigenvalue weighted by molar-refractivity contribution is 6.39. The molecule has 1 saturated heterocycles. The molecule has 1 aliphatic heterocycles. The number of primary amides is 1. The molecule has 1 atom stereocenters. The molecule has 1 unspecified atom stereocenters. The third kappa shape index (κ3) is 6.61. The molecule has 37 heavy (non-hydrogen) atoms. The number of aliphatic imine (C=N–C) groups is 2. The number of anilines is 3. The van der Waals surface area contributed by atoms with E-state index in [1.165, 1.54) is 12.1 Å². The van der Waals surface area contributed by atoms with Crippen LogP contribution in [-0.2, 0) is 9.53 Å². The van der Waals surface area contributed by atoms with Crippen LogP contribution < -0.4 is 16.4 Å². The van der Waals surface area contributed by atoms with Crippen molar-refractivity contribution in [2.45, 2.75) is 64.0 Å². The lowest BCUT2D eigenvalue weighted by molar-refractivity contribution is -0.122. The van der Waals surface area contributed by atoms with Crippen molar-refractivity contribution < 1.29 is 13.9 Å². The topological polar surface area (TPSA) is 119 Å². The molecule has 1 aromatic carbocycles. The number of rotatable bonds is 6. The summed E-state index contributed by atoms with van der Waals surface area (Å²) in [7, 11) is 0. The van der Waals surface area contributed by atoms with Crippen molar-refractivity contribution in [3.05, 3.63) is 33.7 Å². The zero-order valence-corrected chi connectivity index (χ0v) is 22.3. The minimum absolute atomic E-state index is 0.00264. The summed E-state index contributed by atoms with van der Waals surface area (Å²) in [5, 5.41) is 6.80. The Labute approximate surface area is 225 Å². The van der Waals surface area contributed by atoms with Crippen molar-refractivity contribution in [1.29, 1.82) is 0 Å². The Morgan fingerprint density at radius 2 is 1.89 bits per heavy atom. The third-order valence-electron chi connectivity index (χ3n) is 6.90. The van der Waals surface area contributed by atoms with Crippen molar-refractivity contribution in [1.82, 2.24) is 9.55 Å². The maximum Gasteiger partial charge on any atom is 0.223 e. The maximum absolute atomic E-state index is 13.8. The number of guanidine groups is 1. The number of benzene rings is 1. The van der Waals surface area contributed by atoms with Crippen molar-refractivity contribution in [3.63, 3.8) is 0 Å². The smallest absolute Gasteiger partial charge is 0.223 e. The number of imidazole rings is 1. The van der Waals surface area contributed by atoms with Crippen molar-refractivity contribution in [2.75, 3.05) is 23.8 Å². The van der Waals surface area contributed by atoms with Gasteiger partial charge >= 0.3 is 0 Å². The minimum atomic E-state index is -0.533. The number of hydrogen-bond acceptors (Lipinski definition) is 5. The summed E-state index contributed by atoms with van der Waals surface area (Å²) < 4.78 is 21.3. The molecule has 200 valence electrons. The number of nitrogens with one attached hydrogen (secondary N) is 2. The number of aromatic nitrogens is 2. The van der Waals surface area contributed by atoms with E-state index in [0.717, 1.165) is 25.9 Å². The molecule has 2 fully saturated rings. The number of ether oxygens (including phenoxy) is 1. The molecule has 0 bridgehead atoms. The van der Waals surface area contributed by atoms with Crippen molar-refractivity contribution in [3.8, 4) is 0 Å². The Kier molecular flexibility index (Phi) is 9.04. The standard InChI is InChI=1S/C25H32Cl2FN7O2/c1-14-23(34-24(30-2)32-17-4-3-10-37-11-9-17)35(18-7-5-15(6-8-18)22(29)36)25(31-14)33-21-19(26)12-16(28)13-20(21)27/h12-13,15,17-18H,2-11H2,1H3,(H2,29,36)(H,31,33)(H,32,34). The lowest BCUT2D eigenvalue weighted by Crippen LogP contribution is -2.29. The van der Waals surface area contributed by atoms with Gasteiger partial charge in [0.2, 0.25) is 17.8 Å². The van der Waals surface area contributed by atoms with Gasteiger partial charge in [-0.15, -0.1) is 0 Å². The third-order valence-corrected chi connectivity index (χ3v) is 7.50. The van der Waals surface area contributed by atoms with Crippen LogP contribution in [0, 0.1) is 18.7 Å². The van der Waals surface area contributed by atoms with Crippen LogP contribution in [0.15, 0.2) is 22.1 Å². The van der Waals surface area contributed by atoms with E-state index < -0.39 is 5.82 Å². The van der Waals surface area contributed by atoms with Gasteiger partial charge in [-0.1, -0.05) is 23.2 Å². The summed E-state index contributed by atoms with van der Waals surface area (Å²) in [5.74, 6) is 0.596. The van der Waals surface area contributed by atoms with E-state index in [1.807, 2.05) is 11.5 Å². The second-order valence-corrected chi connectivity index (χ2v) is 10.3. The molecule has 9 nitrogen and oxygen atoms in total. The summed E-state index contributed by atoms with van der Waals surface area (Å²) in [5.41, 5.74) is 6.60. The number of aryl methyl sites for hydroxylation is 1. The zero-order chi connectivity index (χ0) is 26.5. The second kappa shape index (κ2) is 12.2. The molecular weight excluding hydrogens is 520 g/mol. The summed E-state index contributed by atoms with van der Waals surface area (Å²) in [4.78, 5) is 25.4. The molecule has 12 heteroatoms. The molecule has 1 amide bonds. The first-order valence-corrected chi connectivity index (χ1v) is 13.2. The first kappa shape index (κ1) is 27.3. The van der Waals surface area contributed by atoms with Gasteiger partial charge in [0.25, 0.3) is 0 Å². The van der Waals surface area contributed by atoms with E-state index >= 15 is 0 Å². The van der Waals surface area contributed by atoms with Crippen molar-refractivity contribution >= 4 is 59.2 Å². The molecule has 1 aromatic heterocycles. The molecule has 1 saturated carbocycles. The number of halogens is 3. The van der Waals surface area contributed by atoms with Crippen LogP contribution in [0.4, 0.5) is 21.8 Å². The van der Waals surface area contributed by atoms with Gasteiger partial charge in [0.1, 0.15) is 11.6 Å². The largest absolute Gasteiger partial charge is 0.381 e. The Bertz CT molecular complexity index is 1150. The van der Waals surface area contributed by atoms with Gasteiger partial charge in [-0.3, -0.25) is 9.36 Å². The normalized spacial score (nSPS) is 22.8. The lowest BCUT2D eigenvalue weighted by Gasteiger charge is -2.30. The van der Waals surface area contributed by atoms with Gasteiger partial charge in [-0.05, 0) is 70.7 Å². The first-order valence-electron chi connectivity index (χ1n) is 12.5. The van der Waals surface area contributed by atoms with E-state index in [-0.39, 0.29) is 34.0 Å². The summed E-state index contributed by atoms with van der Waals surface area (Å²) in [6.45, 7) is 6.97. The van der Waals surface area contributed by atoms with Crippen LogP contribution in [0.25, 0.3) is 0 Å². The molecule has 0 radical (unpaired) electrons. The Morgan fingerprint density at radius 3 is 2.54 bits per heavy atom. The SMILES string of the molecule is C=NC(=NC1CCCOCC1)Nc1c(C)nc(Nc2c(Cl)cc(F)cc2Cl)n1C1CCC(C(N)=O)CC1. The number of amides is 1. The molecule has 4 N–H and O–H groups in total. The van der Waals surface area contributed by atoms with Gasteiger partial charge in [-0.2, -0.15) is 0 Å². The fourth-order valence-electron chi connectivity index (χ4n) is 4.94. The lowest BCUT2D eigenvalue weighted by atomic mass is 9.85. The Hall–Kier alpha value is -2.69. The van der Waals surface area contributed by atoms with E-state index in [2.05, 4.69) is 22.3 Å². The van der Waals surface area contributed by atoms with E-state index in [4.69, 9.17) is 43.6 Å². The van der Waals surface area contributed by atoms with Crippen LogP contribution in [0.5, 0.6) is 0 Å². The quantitative estimate of drug-likeness (QED) is 0.317. The fraction of sp³-hybridized carbons (Fsp3) is 0.520. The first-order chi connectivity index (χ1) is 17.8. The fourth-order valence-corrected chi connectivity index (χ4v) is 5.49. The van der Waals surface area contributed by atoms with E-state index in [0.29, 0.717) is 61.4 Å². The maximum atomic E-state index is 13.8. The Balaban J connectivity index is 1.69. The average molecular weight is 552 g/mol. The highest BCUT2D eigenvalue weighted by Crippen LogP contribution is 2.40. The predicted octanol–water partition coefficient (Wildman–Crippen LogP) is 5.64. The Morgan fingerprint density at radius 1 is 1.19 bits per heavy atom. The molecule has 4 rings (SSSR count). The number of nitrogens with zero attached hydrogens (tertiary/aromatic N) is 4. The van der Waals surface area contributed by atoms with Crippen molar-refractivity contribution in [2.24, 2.45) is 21.6 Å². The highest BCUT2D eigenvalue weighted by Gasteiger charge is 2.30.